The summed E-state index contributed by atoms with van der Waals surface area (Å²) in [5.41, 5.74) is 1.83. The molecule has 1 atom stereocenters. The highest BCUT2D eigenvalue weighted by Crippen LogP contribution is 2.39. The lowest BCUT2D eigenvalue weighted by molar-refractivity contribution is 0.216. The highest BCUT2D eigenvalue weighted by atomic mass is 32.1. The van der Waals surface area contributed by atoms with Gasteiger partial charge in [0.05, 0.1) is 12.2 Å². The smallest absolute Gasteiger partial charge is 0.107 e. The van der Waals surface area contributed by atoms with Crippen LogP contribution < -0.4 is 5.32 Å². The monoisotopic (exact) mass is 293 g/mol. The second-order valence-corrected chi connectivity index (χ2v) is 8.48. The zero-order valence-electron chi connectivity index (χ0n) is 13.0. The molecule has 1 N–H and O–H groups in total. The van der Waals surface area contributed by atoms with Crippen molar-refractivity contribution in [3.05, 3.63) is 15.6 Å². The van der Waals surface area contributed by atoms with E-state index in [0.717, 1.165) is 38.6 Å². The summed E-state index contributed by atoms with van der Waals surface area (Å²) in [4.78, 5) is 9.02. The van der Waals surface area contributed by atoms with E-state index in [1.807, 2.05) is 11.3 Å². The Morgan fingerprint density at radius 1 is 1.30 bits per heavy atom. The Balaban J connectivity index is 1.67. The molecule has 2 heterocycles. The van der Waals surface area contributed by atoms with Crippen LogP contribution in [0.2, 0.25) is 0 Å². The van der Waals surface area contributed by atoms with Crippen LogP contribution in [0.5, 0.6) is 0 Å². The molecule has 1 aromatic heterocycles. The molecule has 0 radical (unpaired) electrons. The molecule has 0 spiro atoms. The van der Waals surface area contributed by atoms with Gasteiger partial charge in [0.1, 0.15) is 5.01 Å². The number of hydrogen-bond donors (Lipinski definition) is 1. The van der Waals surface area contributed by atoms with Gasteiger partial charge in [0, 0.05) is 31.1 Å². The van der Waals surface area contributed by atoms with Crippen molar-refractivity contribution in [2.45, 2.75) is 46.6 Å². The number of fused-ring (bicyclic) bond motifs is 1. The second-order valence-electron chi connectivity index (χ2n) is 7.31. The average molecular weight is 293 g/mol. The molecular weight excluding hydrogens is 266 g/mol. The minimum atomic E-state index is 0.431. The summed E-state index contributed by atoms with van der Waals surface area (Å²) < 4.78 is 0. The normalized spacial score (nSPS) is 24.6. The fourth-order valence-electron chi connectivity index (χ4n) is 3.30. The third-order valence-electron chi connectivity index (χ3n) is 4.78. The molecule has 1 aliphatic heterocycles. The quantitative estimate of drug-likeness (QED) is 0.909. The molecule has 3 rings (SSSR count). The Labute approximate surface area is 126 Å². The molecule has 20 heavy (non-hydrogen) atoms. The molecule has 0 aromatic carbocycles. The number of nitrogens with zero attached hydrogens (tertiary/aromatic N) is 2. The van der Waals surface area contributed by atoms with Gasteiger partial charge in [-0.3, -0.25) is 4.90 Å². The highest BCUT2D eigenvalue weighted by Gasteiger charge is 2.30. The van der Waals surface area contributed by atoms with E-state index in [2.05, 4.69) is 31.0 Å². The van der Waals surface area contributed by atoms with Gasteiger partial charge in [0.2, 0.25) is 0 Å². The first-order chi connectivity index (χ1) is 9.52. The van der Waals surface area contributed by atoms with Crippen LogP contribution in [0.1, 0.15) is 42.8 Å². The lowest BCUT2D eigenvalue weighted by atomic mass is 9.73. The van der Waals surface area contributed by atoms with Gasteiger partial charge in [-0.15, -0.1) is 11.3 Å². The first-order valence-electron chi connectivity index (χ1n) is 7.93. The summed E-state index contributed by atoms with van der Waals surface area (Å²) in [5, 5.41) is 4.75. The maximum atomic E-state index is 4.92. The van der Waals surface area contributed by atoms with Crippen LogP contribution in [-0.2, 0) is 19.4 Å². The van der Waals surface area contributed by atoms with E-state index in [1.54, 1.807) is 4.88 Å². The third kappa shape index (κ3) is 3.23. The Hall–Kier alpha value is -0.450. The van der Waals surface area contributed by atoms with E-state index >= 15 is 0 Å². The molecule has 1 aliphatic carbocycles. The molecule has 4 heteroatoms. The van der Waals surface area contributed by atoms with E-state index < -0.39 is 0 Å². The summed E-state index contributed by atoms with van der Waals surface area (Å²) in [6.45, 7) is 12.8. The molecule has 1 aromatic rings. The molecule has 0 saturated carbocycles. The maximum Gasteiger partial charge on any atom is 0.107 e. The second kappa shape index (κ2) is 5.74. The number of hydrogen-bond acceptors (Lipinski definition) is 4. The number of thiazole rings is 1. The molecule has 0 amide bonds. The van der Waals surface area contributed by atoms with Crippen molar-refractivity contribution in [3.8, 4) is 0 Å². The molecule has 1 saturated heterocycles. The number of aryl methyl sites for hydroxylation is 1. The first kappa shape index (κ1) is 14.5. The summed E-state index contributed by atoms with van der Waals surface area (Å²) in [6.07, 6.45) is 3.75. The molecule has 3 nitrogen and oxygen atoms in total. The van der Waals surface area contributed by atoms with Crippen LogP contribution in [0.4, 0.5) is 0 Å². The van der Waals surface area contributed by atoms with Crippen molar-refractivity contribution in [1.82, 2.24) is 15.2 Å². The van der Waals surface area contributed by atoms with Crippen LogP contribution in [0, 0.1) is 11.3 Å². The minimum Gasteiger partial charge on any atom is -0.314 e. The molecule has 1 unspecified atom stereocenters. The SMILES string of the molecule is CC(C)(C)C1CCc2nc(CN3CCNCC3)sc2C1. The van der Waals surface area contributed by atoms with Crippen molar-refractivity contribution < 1.29 is 0 Å². The Morgan fingerprint density at radius 2 is 2.05 bits per heavy atom. The van der Waals surface area contributed by atoms with E-state index in [1.165, 1.54) is 30.0 Å². The molecule has 2 aliphatic rings. The zero-order valence-corrected chi connectivity index (χ0v) is 13.9. The summed E-state index contributed by atoms with van der Waals surface area (Å²) >= 11 is 1.98. The summed E-state index contributed by atoms with van der Waals surface area (Å²) in [6, 6.07) is 0. The molecule has 0 bridgehead atoms. The van der Waals surface area contributed by atoms with Gasteiger partial charge < -0.3 is 5.32 Å². The fourth-order valence-corrected chi connectivity index (χ4v) is 4.53. The van der Waals surface area contributed by atoms with Gasteiger partial charge in [-0.25, -0.2) is 4.98 Å². The van der Waals surface area contributed by atoms with Gasteiger partial charge in [-0.1, -0.05) is 20.8 Å². The van der Waals surface area contributed by atoms with Crippen molar-refractivity contribution in [2.24, 2.45) is 11.3 Å². The van der Waals surface area contributed by atoms with Gasteiger partial charge in [-0.05, 0) is 30.6 Å². The van der Waals surface area contributed by atoms with Gasteiger partial charge in [0.25, 0.3) is 0 Å². The van der Waals surface area contributed by atoms with E-state index in [4.69, 9.17) is 4.98 Å². The van der Waals surface area contributed by atoms with Crippen LogP contribution in [0.15, 0.2) is 0 Å². The van der Waals surface area contributed by atoms with Gasteiger partial charge >= 0.3 is 0 Å². The number of nitrogens with one attached hydrogen (secondary N) is 1. The third-order valence-corrected chi connectivity index (χ3v) is 5.88. The number of piperazine rings is 1. The topological polar surface area (TPSA) is 28.2 Å². The Bertz CT molecular complexity index is 455. The predicted octanol–water partition coefficient (Wildman–Crippen LogP) is 2.70. The lowest BCUT2D eigenvalue weighted by Gasteiger charge is -2.33. The average Bonchev–Trinajstić information content (AvgIpc) is 2.80. The van der Waals surface area contributed by atoms with Crippen LogP contribution in [0.25, 0.3) is 0 Å². The summed E-state index contributed by atoms with van der Waals surface area (Å²) in [5.74, 6) is 0.822. The van der Waals surface area contributed by atoms with Crippen LogP contribution in [0.3, 0.4) is 0 Å². The predicted molar refractivity (Wildman–Crippen MR) is 85.2 cm³/mol. The standard InChI is InChI=1S/C16H27N3S/c1-16(2,3)12-4-5-13-14(10-12)20-15(18-13)11-19-8-6-17-7-9-19/h12,17H,4-11H2,1-3H3. The highest BCUT2D eigenvalue weighted by molar-refractivity contribution is 7.11. The van der Waals surface area contributed by atoms with Gasteiger partial charge in [-0.2, -0.15) is 0 Å². The van der Waals surface area contributed by atoms with Gasteiger partial charge in [0.15, 0.2) is 0 Å². The fraction of sp³-hybridized carbons (Fsp3) is 0.812. The van der Waals surface area contributed by atoms with E-state index in [0.29, 0.717) is 5.41 Å². The number of rotatable bonds is 2. The largest absolute Gasteiger partial charge is 0.314 e. The van der Waals surface area contributed by atoms with Crippen molar-refractivity contribution in [1.29, 1.82) is 0 Å². The van der Waals surface area contributed by atoms with Crippen molar-refractivity contribution >= 4 is 11.3 Å². The van der Waals surface area contributed by atoms with Crippen molar-refractivity contribution in [2.75, 3.05) is 26.2 Å². The van der Waals surface area contributed by atoms with E-state index in [-0.39, 0.29) is 0 Å². The van der Waals surface area contributed by atoms with Crippen LogP contribution >= 0.6 is 11.3 Å². The Kier molecular flexibility index (Phi) is 4.16. The molecule has 1 fully saturated rings. The molecular formula is C16H27N3S. The number of aromatic nitrogens is 1. The zero-order chi connectivity index (χ0) is 14.2. The first-order valence-corrected chi connectivity index (χ1v) is 8.74. The van der Waals surface area contributed by atoms with E-state index in [9.17, 15) is 0 Å². The minimum absolute atomic E-state index is 0.431. The Morgan fingerprint density at radius 3 is 2.75 bits per heavy atom. The maximum absolute atomic E-state index is 4.92. The van der Waals surface area contributed by atoms with Crippen molar-refractivity contribution in [3.63, 3.8) is 0 Å². The lowest BCUT2D eigenvalue weighted by Crippen LogP contribution is -2.42. The summed E-state index contributed by atoms with van der Waals surface area (Å²) in [7, 11) is 0. The molecule has 112 valence electrons. The van der Waals surface area contributed by atoms with Crippen LogP contribution in [-0.4, -0.2) is 36.1 Å².